The van der Waals surface area contributed by atoms with Gasteiger partial charge < -0.3 is 35.3 Å². The Morgan fingerprint density at radius 3 is 2.38 bits per heavy atom. The average Bonchev–Trinajstić information content (AvgIpc) is 3.26. The van der Waals surface area contributed by atoms with Crippen molar-refractivity contribution < 1.29 is 23.7 Å². The summed E-state index contributed by atoms with van der Waals surface area (Å²) in [6, 6.07) is 1.39. The Hall–Kier alpha value is -2.43. The number of methoxy groups -OCH3 is 2. The number of nitrogens with two attached hydrogens (primary N) is 1. The molecular formula is C27H43Cl2N5O5. The van der Waals surface area contributed by atoms with Gasteiger partial charge in [-0.15, -0.1) is 0 Å². The molecule has 0 aromatic heterocycles. The van der Waals surface area contributed by atoms with E-state index in [1.165, 1.54) is 0 Å². The van der Waals surface area contributed by atoms with Crippen molar-refractivity contribution >= 4 is 41.1 Å². The predicted molar refractivity (Wildman–Crippen MR) is 157 cm³/mol. The summed E-state index contributed by atoms with van der Waals surface area (Å²) in [5.41, 5.74) is 6.36. The van der Waals surface area contributed by atoms with Crippen molar-refractivity contribution in [2.24, 2.45) is 15.7 Å². The third-order valence-corrected chi connectivity index (χ3v) is 6.84. The summed E-state index contributed by atoms with van der Waals surface area (Å²) in [4.78, 5) is 21.3. The van der Waals surface area contributed by atoms with E-state index in [0.717, 1.165) is 19.3 Å². The zero-order chi connectivity index (χ0) is 29.2. The highest BCUT2D eigenvalue weighted by molar-refractivity contribution is 6.38. The second-order valence-electron chi connectivity index (χ2n) is 10.4. The quantitative estimate of drug-likeness (QED) is 0.182. The summed E-state index contributed by atoms with van der Waals surface area (Å²) < 4.78 is 22.0. The minimum absolute atomic E-state index is 0.114. The van der Waals surface area contributed by atoms with Crippen LogP contribution >= 0.6 is 23.2 Å². The molecule has 0 bridgehead atoms. The highest BCUT2D eigenvalue weighted by Gasteiger charge is 2.30. The standard InChI is InChI=1S/C27H43Cl2N5O5/c1-8-31-21(34-25(30)32-17-10-9-11-18(17)33-26(35)39-27(3,4)5)12-13-38-15-16(2)22-23(28)19(36-6)14-20(37-7)24(22)29/h14,16-18H,8-13,15H2,1-7H3,(H,33,35)(H3,30,31,32,34)/t16?,17?,18-/m0/s1. The molecule has 0 saturated heterocycles. The van der Waals surface area contributed by atoms with E-state index in [2.05, 4.69) is 20.6 Å². The Morgan fingerprint density at radius 2 is 1.82 bits per heavy atom. The van der Waals surface area contributed by atoms with E-state index in [1.54, 1.807) is 20.3 Å². The van der Waals surface area contributed by atoms with Crippen LogP contribution in [0, 0.1) is 0 Å². The molecule has 4 N–H and O–H groups in total. The Labute approximate surface area is 242 Å². The van der Waals surface area contributed by atoms with Crippen molar-refractivity contribution in [2.75, 3.05) is 34.0 Å². The van der Waals surface area contributed by atoms with Crippen LogP contribution in [0.3, 0.4) is 0 Å². The number of alkyl carbamates (subject to hydrolysis) is 1. The molecule has 39 heavy (non-hydrogen) atoms. The summed E-state index contributed by atoms with van der Waals surface area (Å²) in [6.45, 7) is 10.8. The molecule has 1 aliphatic carbocycles. The third kappa shape index (κ3) is 10.2. The van der Waals surface area contributed by atoms with Crippen LogP contribution in [0.15, 0.2) is 16.1 Å². The van der Waals surface area contributed by atoms with Crippen LogP contribution in [0.1, 0.15) is 71.8 Å². The number of carbonyl (C=O) groups is 1. The summed E-state index contributed by atoms with van der Waals surface area (Å²) in [6.07, 6.45) is 2.64. The number of ether oxygens (including phenoxy) is 4. The van der Waals surface area contributed by atoms with Crippen LogP contribution in [-0.2, 0) is 9.47 Å². The van der Waals surface area contributed by atoms with E-state index in [4.69, 9.17) is 47.9 Å². The lowest BCUT2D eigenvalue weighted by Gasteiger charge is -2.23. The first-order valence-corrected chi connectivity index (χ1v) is 14.0. The molecule has 2 rings (SSSR count). The van der Waals surface area contributed by atoms with Gasteiger partial charge >= 0.3 is 6.09 Å². The molecule has 0 aliphatic heterocycles. The van der Waals surface area contributed by atoms with Gasteiger partial charge in [-0.3, -0.25) is 4.99 Å². The second kappa shape index (κ2) is 15.4. The minimum atomic E-state index is -0.563. The fraction of sp³-hybridized carbons (Fsp3) is 0.667. The number of hydrogen-bond donors (Lipinski definition) is 3. The molecular weight excluding hydrogens is 545 g/mol. The monoisotopic (exact) mass is 587 g/mol. The van der Waals surface area contributed by atoms with Gasteiger partial charge in [0.1, 0.15) is 22.9 Å². The topological polar surface area (TPSA) is 129 Å². The lowest BCUT2D eigenvalue weighted by atomic mass is 10.0. The van der Waals surface area contributed by atoms with Gasteiger partial charge in [0, 0.05) is 30.5 Å². The molecule has 12 heteroatoms. The van der Waals surface area contributed by atoms with Crippen molar-refractivity contribution in [3.63, 3.8) is 0 Å². The number of guanidine groups is 1. The molecule has 10 nitrogen and oxygen atoms in total. The van der Waals surface area contributed by atoms with Crippen molar-refractivity contribution in [3.05, 3.63) is 21.7 Å². The largest absolute Gasteiger partial charge is 0.495 e. The van der Waals surface area contributed by atoms with Crippen LogP contribution in [0.2, 0.25) is 10.0 Å². The molecule has 1 aromatic carbocycles. The zero-order valence-electron chi connectivity index (χ0n) is 24.0. The Kier molecular flexibility index (Phi) is 12.9. The van der Waals surface area contributed by atoms with E-state index in [-0.39, 0.29) is 24.0 Å². The normalized spacial score (nSPS) is 19.0. The molecule has 1 saturated carbocycles. The van der Waals surface area contributed by atoms with Gasteiger partial charge in [-0.2, -0.15) is 0 Å². The number of amides is 1. The molecule has 1 aromatic rings. The highest BCUT2D eigenvalue weighted by Crippen LogP contribution is 2.43. The van der Waals surface area contributed by atoms with Gasteiger partial charge in [-0.25, -0.2) is 9.79 Å². The smallest absolute Gasteiger partial charge is 0.407 e. The van der Waals surface area contributed by atoms with E-state index in [9.17, 15) is 4.79 Å². The first-order valence-electron chi connectivity index (χ1n) is 13.2. The van der Waals surface area contributed by atoms with E-state index < -0.39 is 11.7 Å². The highest BCUT2D eigenvalue weighted by atomic mass is 35.5. The molecule has 0 heterocycles. The number of rotatable bonds is 11. The SMILES string of the molecule is CCN=C(CCOCC(C)c1c(Cl)c(OC)cc(OC)c1Cl)NC(N)=NC1CCC[C@@H]1NC(=O)OC(C)(C)C. The maximum Gasteiger partial charge on any atom is 0.407 e. The maximum atomic E-state index is 12.2. The molecule has 1 fully saturated rings. The number of aliphatic imine (C=N–C) groups is 2. The predicted octanol–water partition coefficient (Wildman–Crippen LogP) is 5.29. The fourth-order valence-corrected chi connectivity index (χ4v) is 5.18. The van der Waals surface area contributed by atoms with Gasteiger partial charge in [0.05, 0.1) is 49.6 Å². The molecule has 3 atom stereocenters. The fourth-order valence-electron chi connectivity index (χ4n) is 4.30. The number of nitrogens with one attached hydrogen (secondary N) is 2. The van der Waals surface area contributed by atoms with Gasteiger partial charge in [-0.1, -0.05) is 30.1 Å². The van der Waals surface area contributed by atoms with Gasteiger partial charge in [0.25, 0.3) is 0 Å². The van der Waals surface area contributed by atoms with Crippen molar-refractivity contribution in [1.29, 1.82) is 0 Å². The lowest BCUT2D eigenvalue weighted by molar-refractivity contribution is 0.0501. The first kappa shape index (κ1) is 32.8. The summed E-state index contributed by atoms with van der Waals surface area (Å²) in [7, 11) is 3.08. The van der Waals surface area contributed by atoms with Crippen molar-refractivity contribution in [1.82, 2.24) is 10.6 Å². The number of amidine groups is 1. The third-order valence-electron chi connectivity index (χ3n) is 6.06. The van der Waals surface area contributed by atoms with Crippen molar-refractivity contribution in [3.8, 4) is 11.5 Å². The molecule has 1 aliphatic rings. The molecule has 220 valence electrons. The van der Waals surface area contributed by atoms with E-state index >= 15 is 0 Å². The summed E-state index contributed by atoms with van der Waals surface area (Å²) in [5, 5.41) is 6.89. The molecule has 0 radical (unpaired) electrons. The number of halogens is 2. The van der Waals surface area contributed by atoms with Crippen LogP contribution in [-0.4, -0.2) is 69.6 Å². The van der Waals surface area contributed by atoms with E-state index in [1.807, 2.05) is 34.6 Å². The summed E-state index contributed by atoms with van der Waals surface area (Å²) >= 11 is 13.1. The van der Waals surface area contributed by atoms with Gasteiger partial charge in [0.15, 0.2) is 5.96 Å². The number of hydrogen-bond acceptors (Lipinski definition) is 7. The molecule has 2 unspecified atom stereocenters. The number of benzene rings is 1. The number of nitrogens with zero attached hydrogens (tertiary/aromatic N) is 2. The lowest BCUT2D eigenvalue weighted by Crippen LogP contribution is -2.44. The van der Waals surface area contributed by atoms with Gasteiger partial charge in [-0.05, 0) is 47.0 Å². The minimum Gasteiger partial charge on any atom is -0.495 e. The van der Waals surface area contributed by atoms with E-state index in [0.29, 0.717) is 59.1 Å². The summed E-state index contributed by atoms with van der Waals surface area (Å²) in [5.74, 6) is 1.78. The molecule has 1 amide bonds. The number of carbonyl (C=O) groups excluding carboxylic acids is 1. The Bertz CT molecular complexity index is 1000. The van der Waals surface area contributed by atoms with Gasteiger partial charge in [0.2, 0.25) is 0 Å². The van der Waals surface area contributed by atoms with Crippen molar-refractivity contribution in [2.45, 2.75) is 83.9 Å². The Balaban J connectivity index is 1.93. The first-order chi connectivity index (χ1) is 18.4. The zero-order valence-corrected chi connectivity index (χ0v) is 25.5. The average molecular weight is 589 g/mol. The van der Waals surface area contributed by atoms with Crippen LogP contribution in [0.4, 0.5) is 4.79 Å². The second-order valence-corrected chi connectivity index (χ2v) is 11.1. The van der Waals surface area contributed by atoms with Crippen LogP contribution < -0.4 is 25.8 Å². The Morgan fingerprint density at radius 1 is 1.18 bits per heavy atom. The maximum absolute atomic E-state index is 12.2. The van der Waals surface area contributed by atoms with Crippen LogP contribution in [0.5, 0.6) is 11.5 Å². The van der Waals surface area contributed by atoms with Crippen LogP contribution in [0.25, 0.3) is 0 Å². The molecule has 0 spiro atoms.